The normalized spacial score (nSPS) is 20.6. The highest BCUT2D eigenvalue weighted by molar-refractivity contribution is 5.87. The van der Waals surface area contributed by atoms with E-state index in [1.807, 2.05) is 0 Å². The smallest absolute Gasteiger partial charge is 0.330 e. The van der Waals surface area contributed by atoms with Crippen LogP contribution in [0.1, 0.15) is 115 Å². The number of carbonyl (C=O) groups is 2. The molecule has 0 aliphatic carbocycles. The van der Waals surface area contributed by atoms with Gasteiger partial charge in [-0.15, -0.1) is 0 Å². The van der Waals surface area contributed by atoms with Gasteiger partial charge in [0.1, 0.15) is 19.3 Å². The second-order valence-corrected chi connectivity index (χ2v) is 10.5. The monoisotopic (exact) mass is 546 g/mol. The van der Waals surface area contributed by atoms with E-state index in [0.717, 1.165) is 25.7 Å². The molecule has 0 radical (unpaired) electrons. The summed E-state index contributed by atoms with van der Waals surface area (Å²) in [5.41, 5.74) is 0.691. The third-order valence-electron chi connectivity index (χ3n) is 7.09. The predicted molar refractivity (Wildman–Crippen MR) is 154 cm³/mol. The quantitative estimate of drug-likeness (QED) is 0.301. The van der Waals surface area contributed by atoms with Gasteiger partial charge in [0.2, 0.25) is 0 Å². The Morgan fingerprint density at radius 3 is 2.05 bits per heavy atom. The van der Waals surface area contributed by atoms with Crippen LogP contribution in [0, 0.1) is 0 Å². The number of esters is 2. The molecule has 1 heterocycles. The van der Waals surface area contributed by atoms with Crippen molar-refractivity contribution in [2.24, 2.45) is 0 Å². The van der Waals surface area contributed by atoms with E-state index in [1.165, 1.54) is 96.3 Å². The second-order valence-electron chi connectivity index (χ2n) is 10.5. The molecule has 0 spiro atoms. The first-order valence-electron chi connectivity index (χ1n) is 15.1. The van der Waals surface area contributed by atoms with Crippen molar-refractivity contribution in [3.63, 3.8) is 0 Å². The number of phenolic OH excluding ortho intramolecular Hbond substituents is 1. The van der Waals surface area contributed by atoms with Crippen LogP contribution in [0.5, 0.6) is 11.5 Å². The van der Waals surface area contributed by atoms with Gasteiger partial charge in [0.05, 0.1) is 7.11 Å². The lowest BCUT2D eigenvalue weighted by atomic mass is 10.0. The van der Waals surface area contributed by atoms with Crippen molar-refractivity contribution < 1.29 is 33.6 Å². The first-order chi connectivity index (χ1) is 19.1. The number of aromatic hydroxyl groups is 1. The first kappa shape index (κ1) is 32.7. The molecule has 1 aliphatic rings. The summed E-state index contributed by atoms with van der Waals surface area (Å²) in [4.78, 5) is 24.6. The molecule has 0 aromatic heterocycles. The fourth-order valence-electron chi connectivity index (χ4n) is 4.68. The van der Waals surface area contributed by atoms with Crippen LogP contribution in [0.2, 0.25) is 0 Å². The van der Waals surface area contributed by atoms with E-state index >= 15 is 0 Å². The minimum atomic E-state index is -0.522. The fraction of sp³-hybridized carbons (Fsp3) is 0.688. The number of rotatable bonds is 5. The van der Waals surface area contributed by atoms with Gasteiger partial charge in [-0.1, -0.05) is 96.0 Å². The van der Waals surface area contributed by atoms with Gasteiger partial charge in [-0.25, -0.2) is 4.79 Å². The van der Waals surface area contributed by atoms with Crippen LogP contribution in [0.15, 0.2) is 24.3 Å². The van der Waals surface area contributed by atoms with E-state index in [0.29, 0.717) is 24.3 Å². The molecule has 0 amide bonds. The lowest BCUT2D eigenvalue weighted by Gasteiger charge is -2.18. The van der Waals surface area contributed by atoms with E-state index in [1.54, 1.807) is 18.2 Å². The van der Waals surface area contributed by atoms with Gasteiger partial charge >= 0.3 is 11.9 Å². The van der Waals surface area contributed by atoms with Crippen LogP contribution in [0.3, 0.4) is 0 Å². The molecule has 1 N–H and O–H groups in total. The first-order valence-corrected chi connectivity index (χ1v) is 15.1. The summed E-state index contributed by atoms with van der Waals surface area (Å²) in [6.45, 7) is 0.628. The molecule has 1 atom stereocenters. The van der Waals surface area contributed by atoms with Gasteiger partial charge in [-0.05, 0) is 36.6 Å². The van der Waals surface area contributed by atoms with Crippen LogP contribution < -0.4 is 4.74 Å². The van der Waals surface area contributed by atoms with Gasteiger partial charge in [0.15, 0.2) is 11.5 Å². The summed E-state index contributed by atoms with van der Waals surface area (Å²) < 4.78 is 21.9. The zero-order valence-corrected chi connectivity index (χ0v) is 24.0. The van der Waals surface area contributed by atoms with Crippen molar-refractivity contribution in [2.75, 3.05) is 26.9 Å². The fourth-order valence-corrected chi connectivity index (χ4v) is 4.68. The number of carbonyl (C=O) groups excluding carboxylic acids is 2. The molecule has 1 fully saturated rings. The van der Waals surface area contributed by atoms with E-state index in [4.69, 9.17) is 18.9 Å². The lowest BCUT2D eigenvalue weighted by molar-refractivity contribution is -0.153. The molecule has 1 aromatic carbocycles. The average Bonchev–Trinajstić information content (AvgIpc) is 2.94. The molecule has 1 aromatic rings. The molecular weight excluding hydrogens is 496 g/mol. The lowest BCUT2D eigenvalue weighted by Crippen LogP contribution is -2.28. The van der Waals surface area contributed by atoms with E-state index < -0.39 is 12.1 Å². The van der Waals surface area contributed by atoms with Crippen molar-refractivity contribution in [3.8, 4) is 11.5 Å². The zero-order valence-electron chi connectivity index (χ0n) is 24.0. The molecule has 39 heavy (non-hydrogen) atoms. The highest BCUT2D eigenvalue weighted by Crippen LogP contribution is 2.26. The maximum Gasteiger partial charge on any atom is 0.330 e. The highest BCUT2D eigenvalue weighted by Gasteiger charge is 2.15. The van der Waals surface area contributed by atoms with E-state index in [2.05, 4.69) is 0 Å². The van der Waals surface area contributed by atoms with Gasteiger partial charge in [-0.2, -0.15) is 0 Å². The summed E-state index contributed by atoms with van der Waals surface area (Å²) in [5, 5.41) is 9.71. The number of hydrogen-bond acceptors (Lipinski definition) is 7. The topological polar surface area (TPSA) is 91.3 Å². The Morgan fingerprint density at radius 1 is 0.897 bits per heavy atom. The molecule has 0 bridgehead atoms. The maximum absolute atomic E-state index is 12.3. The van der Waals surface area contributed by atoms with Crippen LogP contribution >= 0.6 is 0 Å². The Labute approximate surface area is 235 Å². The van der Waals surface area contributed by atoms with Gasteiger partial charge in [-0.3, -0.25) is 4.79 Å². The zero-order chi connectivity index (χ0) is 28.0. The number of phenols is 1. The van der Waals surface area contributed by atoms with Crippen LogP contribution in [-0.2, 0) is 23.8 Å². The SMILES string of the molecule is COc1cc(C=CC(=O)OC[C@@H]2COC(=O)CCCCCCCCCCCCCCCCCCO2)ccc1O. The molecular formula is C32H50O7. The summed E-state index contributed by atoms with van der Waals surface area (Å²) in [6.07, 6.45) is 22.3. The maximum atomic E-state index is 12.3. The third kappa shape index (κ3) is 16.2. The molecule has 7 nitrogen and oxygen atoms in total. The van der Waals surface area contributed by atoms with Crippen molar-refractivity contribution in [3.05, 3.63) is 29.8 Å². The second kappa shape index (κ2) is 21.3. The molecule has 2 rings (SSSR count). The Kier molecular flexibility index (Phi) is 17.8. The minimum absolute atomic E-state index is 0.00928. The molecule has 0 unspecified atom stereocenters. The van der Waals surface area contributed by atoms with Gasteiger partial charge in [0, 0.05) is 19.1 Å². The molecule has 1 saturated heterocycles. The van der Waals surface area contributed by atoms with Crippen LogP contribution in [-0.4, -0.2) is 50.1 Å². The summed E-state index contributed by atoms with van der Waals surface area (Å²) in [6, 6.07) is 4.80. The standard InChI is InChI=1S/C32H50O7/c1-36-30-24-27(19-21-29(30)33)20-22-32(35)39-26-28-25-38-31(34)18-16-14-12-10-8-6-4-2-3-5-7-9-11-13-15-17-23-37-28/h19-22,24,28,33H,2-18,23,25-26H2,1H3/t28-/m0/s1. The number of cyclic esters (lactones) is 1. The van der Waals surface area contributed by atoms with E-state index in [-0.39, 0.29) is 24.9 Å². The largest absolute Gasteiger partial charge is 0.504 e. The molecule has 220 valence electrons. The Hall–Kier alpha value is -2.54. The van der Waals surface area contributed by atoms with Crippen molar-refractivity contribution in [1.82, 2.24) is 0 Å². The Morgan fingerprint density at radius 2 is 1.46 bits per heavy atom. The molecule has 0 saturated carbocycles. The number of ether oxygens (including phenoxy) is 4. The predicted octanol–water partition coefficient (Wildman–Crippen LogP) is 7.53. The number of hydrogen-bond donors (Lipinski definition) is 1. The van der Waals surface area contributed by atoms with Crippen molar-refractivity contribution >= 4 is 18.0 Å². The summed E-state index contributed by atoms with van der Waals surface area (Å²) >= 11 is 0. The van der Waals surface area contributed by atoms with E-state index in [9.17, 15) is 14.7 Å². The van der Waals surface area contributed by atoms with Crippen molar-refractivity contribution in [2.45, 2.75) is 115 Å². The molecule has 7 heteroatoms. The van der Waals surface area contributed by atoms with Gasteiger partial charge < -0.3 is 24.1 Å². The Balaban J connectivity index is 1.80. The highest BCUT2D eigenvalue weighted by atomic mass is 16.6. The van der Waals surface area contributed by atoms with Gasteiger partial charge in [0.25, 0.3) is 0 Å². The molecule has 1 aliphatic heterocycles. The minimum Gasteiger partial charge on any atom is -0.504 e. The Bertz CT molecular complexity index is 836. The summed E-state index contributed by atoms with van der Waals surface area (Å²) in [5.74, 6) is -0.395. The van der Waals surface area contributed by atoms with Crippen LogP contribution in [0.4, 0.5) is 0 Å². The average molecular weight is 547 g/mol. The van der Waals surface area contributed by atoms with Crippen molar-refractivity contribution in [1.29, 1.82) is 0 Å². The number of benzene rings is 1. The van der Waals surface area contributed by atoms with Crippen LogP contribution in [0.25, 0.3) is 6.08 Å². The third-order valence-corrected chi connectivity index (χ3v) is 7.09. The number of methoxy groups -OCH3 is 1. The summed E-state index contributed by atoms with van der Waals surface area (Å²) in [7, 11) is 1.47.